The molecule has 1 heterocycles. The standard InChI is InChI=1S/C11H12F2O2/c1-11(14-6-7-15-11)9-4-2-8(3-5-9)10(12)13/h2-5,10H,6-7H2,1H3. The molecule has 0 unspecified atom stereocenters. The van der Waals surface area contributed by atoms with Crippen LogP contribution in [0.4, 0.5) is 8.78 Å². The first kappa shape index (κ1) is 10.5. The number of halogens is 2. The highest BCUT2D eigenvalue weighted by atomic mass is 19.3. The Morgan fingerprint density at radius 2 is 1.67 bits per heavy atom. The minimum atomic E-state index is -2.43. The Morgan fingerprint density at radius 3 is 2.13 bits per heavy atom. The molecule has 15 heavy (non-hydrogen) atoms. The van der Waals surface area contributed by atoms with Gasteiger partial charge in [-0.15, -0.1) is 0 Å². The smallest absolute Gasteiger partial charge is 0.263 e. The zero-order valence-corrected chi connectivity index (χ0v) is 8.37. The van der Waals surface area contributed by atoms with Crippen molar-refractivity contribution in [3.8, 4) is 0 Å². The fourth-order valence-electron chi connectivity index (χ4n) is 1.61. The van der Waals surface area contributed by atoms with Crippen LogP contribution in [0.25, 0.3) is 0 Å². The molecule has 0 amide bonds. The van der Waals surface area contributed by atoms with Crippen molar-refractivity contribution in [2.45, 2.75) is 19.1 Å². The van der Waals surface area contributed by atoms with Gasteiger partial charge in [0, 0.05) is 11.1 Å². The van der Waals surface area contributed by atoms with Gasteiger partial charge < -0.3 is 9.47 Å². The zero-order valence-electron chi connectivity index (χ0n) is 8.37. The molecule has 1 aromatic rings. The summed E-state index contributed by atoms with van der Waals surface area (Å²) in [5.41, 5.74) is 0.782. The average molecular weight is 214 g/mol. The van der Waals surface area contributed by atoms with Gasteiger partial charge in [-0.05, 0) is 6.92 Å². The molecule has 1 aromatic carbocycles. The molecule has 0 spiro atoms. The van der Waals surface area contributed by atoms with Crippen molar-refractivity contribution in [2.75, 3.05) is 13.2 Å². The van der Waals surface area contributed by atoms with Gasteiger partial charge in [0.05, 0.1) is 13.2 Å². The Labute approximate surface area is 86.8 Å². The van der Waals surface area contributed by atoms with Gasteiger partial charge in [-0.3, -0.25) is 0 Å². The number of ether oxygens (including phenoxy) is 2. The molecule has 0 radical (unpaired) electrons. The van der Waals surface area contributed by atoms with Gasteiger partial charge in [0.2, 0.25) is 0 Å². The molecule has 1 saturated heterocycles. The van der Waals surface area contributed by atoms with Crippen molar-refractivity contribution in [3.05, 3.63) is 35.4 Å². The summed E-state index contributed by atoms with van der Waals surface area (Å²) in [5, 5.41) is 0. The van der Waals surface area contributed by atoms with E-state index in [0.717, 1.165) is 5.56 Å². The van der Waals surface area contributed by atoms with E-state index in [1.165, 1.54) is 12.1 Å². The van der Waals surface area contributed by atoms with Crippen molar-refractivity contribution < 1.29 is 18.3 Å². The zero-order chi connectivity index (χ0) is 10.9. The number of hydrogen-bond acceptors (Lipinski definition) is 2. The SMILES string of the molecule is CC1(c2ccc(C(F)F)cc2)OCCO1. The molecule has 82 valence electrons. The second kappa shape index (κ2) is 3.87. The lowest BCUT2D eigenvalue weighted by Gasteiger charge is -2.22. The molecule has 2 rings (SSSR count). The van der Waals surface area contributed by atoms with Crippen LogP contribution in [-0.2, 0) is 15.3 Å². The van der Waals surface area contributed by atoms with Crippen LogP contribution in [0.5, 0.6) is 0 Å². The minimum absolute atomic E-state index is 0.0142. The Morgan fingerprint density at radius 1 is 1.13 bits per heavy atom. The molecule has 0 bridgehead atoms. The van der Waals surface area contributed by atoms with E-state index in [2.05, 4.69) is 0 Å². The largest absolute Gasteiger partial charge is 0.344 e. The van der Waals surface area contributed by atoms with Crippen molar-refractivity contribution >= 4 is 0 Å². The molecule has 4 heteroatoms. The summed E-state index contributed by atoms with van der Waals surface area (Å²) in [4.78, 5) is 0. The first-order valence-electron chi connectivity index (χ1n) is 4.78. The molecule has 0 saturated carbocycles. The molecule has 0 N–H and O–H groups in total. The van der Waals surface area contributed by atoms with Crippen molar-refractivity contribution in [1.29, 1.82) is 0 Å². The Balaban J connectivity index is 2.23. The topological polar surface area (TPSA) is 18.5 Å². The van der Waals surface area contributed by atoms with Crippen molar-refractivity contribution in [2.24, 2.45) is 0 Å². The molecule has 1 aliphatic rings. The minimum Gasteiger partial charge on any atom is -0.344 e. The quantitative estimate of drug-likeness (QED) is 0.753. The summed E-state index contributed by atoms with van der Waals surface area (Å²) in [6.07, 6.45) is -2.43. The summed E-state index contributed by atoms with van der Waals surface area (Å²) in [7, 11) is 0. The third kappa shape index (κ3) is 2.01. The van der Waals surface area contributed by atoms with Gasteiger partial charge in [-0.25, -0.2) is 8.78 Å². The molecule has 1 aliphatic heterocycles. The van der Waals surface area contributed by atoms with E-state index in [0.29, 0.717) is 13.2 Å². The first-order chi connectivity index (χ1) is 7.12. The maximum atomic E-state index is 12.3. The second-order valence-electron chi connectivity index (χ2n) is 3.57. The Kier molecular flexibility index (Phi) is 2.71. The highest BCUT2D eigenvalue weighted by molar-refractivity contribution is 5.26. The van der Waals surface area contributed by atoms with Crippen LogP contribution in [-0.4, -0.2) is 13.2 Å². The van der Waals surface area contributed by atoms with Crippen LogP contribution >= 0.6 is 0 Å². The van der Waals surface area contributed by atoms with Gasteiger partial charge in [0.25, 0.3) is 6.43 Å². The predicted molar refractivity (Wildman–Crippen MR) is 50.7 cm³/mol. The summed E-state index contributed by atoms with van der Waals surface area (Å²) >= 11 is 0. The van der Waals surface area contributed by atoms with E-state index in [1.807, 2.05) is 0 Å². The molecule has 2 nitrogen and oxygen atoms in total. The maximum absolute atomic E-state index is 12.3. The Hall–Kier alpha value is -1.00. The highest BCUT2D eigenvalue weighted by Crippen LogP contribution is 2.31. The number of hydrogen-bond donors (Lipinski definition) is 0. The van der Waals surface area contributed by atoms with Crippen LogP contribution < -0.4 is 0 Å². The summed E-state index contributed by atoms with van der Waals surface area (Å²) < 4.78 is 35.5. The van der Waals surface area contributed by atoms with Crippen LogP contribution in [0.3, 0.4) is 0 Å². The molecular formula is C11H12F2O2. The predicted octanol–water partition coefficient (Wildman–Crippen LogP) is 2.84. The molecule has 1 fully saturated rings. The summed E-state index contributed by atoms with van der Waals surface area (Å²) in [6.45, 7) is 2.86. The maximum Gasteiger partial charge on any atom is 0.263 e. The van der Waals surface area contributed by atoms with E-state index in [-0.39, 0.29) is 5.56 Å². The summed E-state index contributed by atoms with van der Waals surface area (Å²) in [5.74, 6) is -0.777. The van der Waals surface area contributed by atoms with E-state index >= 15 is 0 Å². The van der Waals surface area contributed by atoms with Crippen LogP contribution in [0.1, 0.15) is 24.5 Å². The average Bonchev–Trinajstić information content (AvgIpc) is 2.67. The third-order valence-corrected chi connectivity index (χ3v) is 2.53. The van der Waals surface area contributed by atoms with E-state index in [1.54, 1.807) is 19.1 Å². The fourth-order valence-corrected chi connectivity index (χ4v) is 1.61. The van der Waals surface area contributed by atoms with E-state index in [4.69, 9.17) is 9.47 Å². The lowest BCUT2D eigenvalue weighted by molar-refractivity contribution is -0.149. The normalized spacial score (nSPS) is 19.7. The second-order valence-corrected chi connectivity index (χ2v) is 3.57. The Bertz CT molecular complexity index is 329. The van der Waals surface area contributed by atoms with Gasteiger partial charge in [-0.1, -0.05) is 24.3 Å². The lowest BCUT2D eigenvalue weighted by Crippen LogP contribution is -2.22. The van der Waals surface area contributed by atoms with Crippen LogP contribution in [0.15, 0.2) is 24.3 Å². The number of benzene rings is 1. The van der Waals surface area contributed by atoms with Gasteiger partial charge >= 0.3 is 0 Å². The molecule has 0 aromatic heterocycles. The highest BCUT2D eigenvalue weighted by Gasteiger charge is 2.32. The monoisotopic (exact) mass is 214 g/mol. The van der Waals surface area contributed by atoms with Gasteiger partial charge in [0.15, 0.2) is 5.79 Å². The number of alkyl halides is 2. The van der Waals surface area contributed by atoms with Crippen LogP contribution in [0, 0.1) is 0 Å². The van der Waals surface area contributed by atoms with Crippen LogP contribution in [0.2, 0.25) is 0 Å². The molecule has 0 aliphatic carbocycles. The lowest BCUT2D eigenvalue weighted by atomic mass is 10.1. The number of rotatable bonds is 2. The summed E-state index contributed by atoms with van der Waals surface area (Å²) in [6, 6.07) is 6.03. The molecule has 0 atom stereocenters. The van der Waals surface area contributed by atoms with Crippen molar-refractivity contribution in [1.82, 2.24) is 0 Å². The fraction of sp³-hybridized carbons (Fsp3) is 0.455. The van der Waals surface area contributed by atoms with E-state index < -0.39 is 12.2 Å². The van der Waals surface area contributed by atoms with Crippen molar-refractivity contribution in [3.63, 3.8) is 0 Å². The van der Waals surface area contributed by atoms with Gasteiger partial charge in [0.1, 0.15) is 0 Å². The first-order valence-corrected chi connectivity index (χ1v) is 4.78. The third-order valence-electron chi connectivity index (χ3n) is 2.53. The van der Waals surface area contributed by atoms with E-state index in [9.17, 15) is 8.78 Å². The van der Waals surface area contributed by atoms with Gasteiger partial charge in [-0.2, -0.15) is 0 Å². The molecular weight excluding hydrogens is 202 g/mol.